The van der Waals surface area contributed by atoms with Crippen LogP contribution in [0.2, 0.25) is 0 Å². The molecule has 1 aromatic carbocycles. The van der Waals surface area contributed by atoms with Gasteiger partial charge in [-0.05, 0) is 44.5 Å². The Hall–Kier alpha value is -2.54. The molecule has 0 fully saturated rings. The Balaban J connectivity index is 2.19. The lowest BCUT2D eigenvalue weighted by Gasteiger charge is -2.19. The average molecular weight is 337 g/mol. The molecule has 0 radical (unpaired) electrons. The van der Waals surface area contributed by atoms with Crippen molar-refractivity contribution in [3.8, 4) is 5.75 Å². The number of ether oxygens (including phenoxy) is 3. The second-order valence-corrected chi connectivity index (χ2v) is 5.73. The average Bonchev–Trinajstić information content (AvgIpc) is 2.51. The number of hydrogen-bond acceptors (Lipinski definition) is 6. The summed E-state index contributed by atoms with van der Waals surface area (Å²) in [5.41, 5.74) is 2.34. The molecule has 0 unspecified atom stereocenters. The maximum Gasteiger partial charge on any atom is 0.431 e. The van der Waals surface area contributed by atoms with Crippen LogP contribution in [0.15, 0.2) is 30.3 Å². The molecule has 7 heteroatoms. The van der Waals surface area contributed by atoms with Crippen molar-refractivity contribution in [2.75, 3.05) is 20.3 Å². The first-order valence-electron chi connectivity index (χ1n) is 7.40. The highest BCUT2D eigenvalue weighted by Gasteiger charge is 2.15. The number of rotatable bonds is 7. The van der Waals surface area contributed by atoms with Crippen LogP contribution in [-0.2, 0) is 19.1 Å². The van der Waals surface area contributed by atoms with E-state index in [4.69, 9.17) is 19.0 Å². The molecule has 0 aliphatic rings. The summed E-state index contributed by atoms with van der Waals surface area (Å²) < 4.78 is 14.9. The quantitative estimate of drug-likeness (QED) is 0.356. The summed E-state index contributed by atoms with van der Waals surface area (Å²) in [6, 6.07) is 7.22. The van der Waals surface area contributed by atoms with E-state index in [-0.39, 0.29) is 13.2 Å². The van der Waals surface area contributed by atoms with Gasteiger partial charge in [-0.3, -0.25) is 4.84 Å². The fourth-order valence-corrected chi connectivity index (χ4v) is 1.52. The fraction of sp³-hybridized carbons (Fsp3) is 0.412. The number of methoxy groups -OCH3 is 1. The third-order valence-electron chi connectivity index (χ3n) is 2.51. The Morgan fingerprint density at radius 2 is 1.79 bits per heavy atom. The van der Waals surface area contributed by atoms with Crippen LogP contribution < -0.4 is 10.2 Å². The SMILES string of the molecule is COc1ccc(/C=C/C(=O)OCCONC(=O)OC(C)(C)C)cc1. The van der Waals surface area contributed by atoms with Crippen molar-refractivity contribution in [1.82, 2.24) is 5.48 Å². The second-order valence-electron chi connectivity index (χ2n) is 5.73. The molecule has 1 rings (SSSR count). The number of esters is 1. The molecule has 132 valence electrons. The van der Waals surface area contributed by atoms with Gasteiger partial charge in [0.2, 0.25) is 0 Å². The highest BCUT2D eigenvalue weighted by atomic mass is 16.7. The Morgan fingerprint density at radius 1 is 1.12 bits per heavy atom. The van der Waals surface area contributed by atoms with Crippen molar-refractivity contribution in [1.29, 1.82) is 0 Å². The molecule has 24 heavy (non-hydrogen) atoms. The zero-order chi connectivity index (χ0) is 18.0. The number of hydroxylamine groups is 1. The van der Waals surface area contributed by atoms with Crippen LogP contribution in [0.5, 0.6) is 5.75 Å². The normalized spacial score (nSPS) is 11.2. The molecule has 1 N–H and O–H groups in total. The summed E-state index contributed by atoms with van der Waals surface area (Å²) in [5, 5.41) is 0. The van der Waals surface area contributed by atoms with Gasteiger partial charge in [0.15, 0.2) is 0 Å². The van der Waals surface area contributed by atoms with Crippen molar-refractivity contribution in [3.63, 3.8) is 0 Å². The summed E-state index contributed by atoms with van der Waals surface area (Å²) in [5.74, 6) is 0.232. The Kier molecular flexibility index (Phi) is 7.77. The monoisotopic (exact) mass is 337 g/mol. The largest absolute Gasteiger partial charge is 0.497 e. The molecule has 0 spiro atoms. The molecule has 0 saturated heterocycles. The van der Waals surface area contributed by atoms with Gasteiger partial charge in [-0.2, -0.15) is 5.48 Å². The number of nitrogens with one attached hydrogen (secondary N) is 1. The van der Waals surface area contributed by atoms with Gasteiger partial charge in [-0.15, -0.1) is 0 Å². The lowest BCUT2D eigenvalue weighted by molar-refractivity contribution is -0.139. The summed E-state index contributed by atoms with van der Waals surface area (Å²) in [4.78, 5) is 27.6. The molecule has 7 nitrogen and oxygen atoms in total. The minimum Gasteiger partial charge on any atom is -0.497 e. The van der Waals surface area contributed by atoms with Crippen molar-refractivity contribution < 1.29 is 28.6 Å². The molecule has 0 bridgehead atoms. The zero-order valence-electron chi connectivity index (χ0n) is 14.3. The van der Waals surface area contributed by atoms with E-state index in [2.05, 4.69) is 5.48 Å². The highest BCUT2D eigenvalue weighted by molar-refractivity contribution is 5.87. The molecular weight excluding hydrogens is 314 g/mol. The van der Waals surface area contributed by atoms with Crippen LogP contribution in [0, 0.1) is 0 Å². The predicted octanol–water partition coefficient (Wildman–Crippen LogP) is 2.71. The Bertz CT molecular complexity index is 559. The highest BCUT2D eigenvalue weighted by Crippen LogP contribution is 2.12. The number of carbonyl (C=O) groups excluding carboxylic acids is 2. The first kappa shape index (κ1) is 19.5. The summed E-state index contributed by atoms with van der Waals surface area (Å²) in [7, 11) is 1.59. The van der Waals surface area contributed by atoms with E-state index in [1.807, 2.05) is 12.1 Å². The second kappa shape index (κ2) is 9.57. The van der Waals surface area contributed by atoms with Gasteiger partial charge in [-0.25, -0.2) is 9.59 Å². The van der Waals surface area contributed by atoms with Gasteiger partial charge >= 0.3 is 12.1 Å². The van der Waals surface area contributed by atoms with Crippen molar-refractivity contribution in [3.05, 3.63) is 35.9 Å². The van der Waals surface area contributed by atoms with Crippen LogP contribution >= 0.6 is 0 Å². The molecule has 0 aliphatic heterocycles. The van der Waals surface area contributed by atoms with Crippen LogP contribution in [0.1, 0.15) is 26.3 Å². The van der Waals surface area contributed by atoms with Crippen molar-refractivity contribution >= 4 is 18.1 Å². The van der Waals surface area contributed by atoms with E-state index in [1.165, 1.54) is 6.08 Å². The Morgan fingerprint density at radius 3 is 2.38 bits per heavy atom. The minimum atomic E-state index is -0.701. The molecule has 1 amide bonds. The van der Waals surface area contributed by atoms with Gasteiger partial charge in [0.05, 0.1) is 7.11 Å². The number of benzene rings is 1. The molecule has 0 atom stereocenters. The van der Waals surface area contributed by atoms with E-state index >= 15 is 0 Å². The summed E-state index contributed by atoms with van der Waals surface area (Å²) >= 11 is 0. The maximum absolute atomic E-state index is 11.5. The maximum atomic E-state index is 11.5. The molecule has 0 aromatic heterocycles. The van der Waals surface area contributed by atoms with Crippen molar-refractivity contribution in [2.45, 2.75) is 26.4 Å². The fourth-order valence-electron chi connectivity index (χ4n) is 1.52. The van der Waals surface area contributed by atoms with Crippen LogP contribution in [0.25, 0.3) is 6.08 Å². The zero-order valence-corrected chi connectivity index (χ0v) is 14.3. The number of hydrogen-bond donors (Lipinski definition) is 1. The van der Waals surface area contributed by atoms with Crippen LogP contribution in [0.4, 0.5) is 4.79 Å². The molecular formula is C17H23NO6. The third kappa shape index (κ3) is 8.79. The first-order chi connectivity index (χ1) is 11.3. The lowest BCUT2D eigenvalue weighted by atomic mass is 10.2. The van der Waals surface area contributed by atoms with Gasteiger partial charge in [0.25, 0.3) is 0 Å². The van der Waals surface area contributed by atoms with Crippen LogP contribution in [-0.4, -0.2) is 38.0 Å². The summed E-state index contributed by atoms with van der Waals surface area (Å²) in [6.07, 6.45) is 2.23. The van der Waals surface area contributed by atoms with E-state index in [0.29, 0.717) is 0 Å². The smallest absolute Gasteiger partial charge is 0.431 e. The van der Waals surface area contributed by atoms with Crippen molar-refractivity contribution in [2.24, 2.45) is 0 Å². The molecule has 1 aromatic rings. The summed E-state index contributed by atoms with van der Waals surface area (Å²) in [6.45, 7) is 5.24. The van der Waals surface area contributed by atoms with E-state index in [1.54, 1.807) is 46.1 Å². The minimum absolute atomic E-state index is 0.00157. The number of carbonyl (C=O) groups is 2. The van der Waals surface area contributed by atoms with E-state index in [0.717, 1.165) is 11.3 Å². The predicted molar refractivity (Wildman–Crippen MR) is 88.3 cm³/mol. The van der Waals surface area contributed by atoms with Gasteiger partial charge in [0, 0.05) is 6.08 Å². The lowest BCUT2D eigenvalue weighted by Crippen LogP contribution is -2.33. The van der Waals surface area contributed by atoms with E-state index in [9.17, 15) is 9.59 Å². The van der Waals surface area contributed by atoms with Gasteiger partial charge in [0.1, 0.15) is 24.6 Å². The standard InChI is InChI=1S/C17H23NO6/c1-17(2,3)24-16(20)18-23-12-11-22-15(19)10-7-13-5-8-14(21-4)9-6-13/h5-10H,11-12H2,1-4H3,(H,18,20)/b10-7+. The molecule has 0 aliphatic carbocycles. The van der Waals surface area contributed by atoms with E-state index < -0.39 is 17.7 Å². The van der Waals surface area contributed by atoms with Gasteiger partial charge in [-0.1, -0.05) is 12.1 Å². The van der Waals surface area contributed by atoms with Gasteiger partial charge < -0.3 is 14.2 Å². The topological polar surface area (TPSA) is 83.1 Å². The third-order valence-corrected chi connectivity index (χ3v) is 2.51. The molecule has 0 saturated carbocycles. The first-order valence-corrected chi connectivity index (χ1v) is 7.40. The molecule has 0 heterocycles. The Labute approximate surface area is 141 Å². The van der Waals surface area contributed by atoms with Crippen LogP contribution in [0.3, 0.4) is 0 Å². The number of amides is 1.